The highest BCUT2D eigenvalue weighted by molar-refractivity contribution is 6.02. The van der Waals surface area contributed by atoms with E-state index < -0.39 is 0 Å². The number of amides is 1. The fourth-order valence-electron chi connectivity index (χ4n) is 5.88. The van der Waals surface area contributed by atoms with Crippen LogP contribution in [0.1, 0.15) is 71.4 Å². The van der Waals surface area contributed by atoms with Crippen molar-refractivity contribution in [2.24, 2.45) is 5.92 Å². The lowest BCUT2D eigenvalue weighted by Gasteiger charge is -2.28. The van der Waals surface area contributed by atoms with Gasteiger partial charge in [0.1, 0.15) is 5.82 Å². The van der Waals surface area contributed by atoms with Gasteiger partial charge < -0.3 is 20.5 Å². The standard InChI is InChI=1S/C32H39N5O2/c1-6-19(2)25-14-21(4)30-26(25)15-24(23-7-8-29(34-17-23)37-11-9-33-10-12-37)16-27(30)31(38)35-18-28-20(3)13-22(5)36-32(28)39/h7-8,13-17,19,25,33H,6,9-12,18H2,1-5H3,(H,35,38)(H,36,39)/t19-,25?/m0/s1. The molecule has 0 saturated carbocycles. The molecule has 3 aromatic rings. The maximum atomic E-state index is 13.7. The molecule has 1 unspecified atom stereocenters. The highest BCUT2D eigenvalue weighted by Crippen LogP contribution is 2.44. The summed E-state index contributed by atoms with van der Waals surface area (Å²) in [7, 11) is 0. The zero-order valence-corrected chi connectivity index (χ0v) is 23.6. The number of carbonyl (C=O) groups is 1. The van der Waals surface area contributed by atoms with E-state index in [1.807, 2.05) is 32.2 Å². The Bertz CT molecular complexity index is 1470. The van der Waals surface area contributed by atoms with Crippen molar-refractivity contribution in [2.45, 2.75) is 53.5 Å². The lowest BCUT2D eigenvalue weighted by Crippen LogP contribution is -2.43. The molecule has 5 rings (SSSR count). The van der Waals surface area contributed by atoms with E-state index in [-0.39, 0.29) is 23.9 Å². The van der Waals surface area contributed by atoms with Crippen LogP contribution in [0.5, 0.6) is 0 Å². The van der Waals surface area contributed by atoms with E-state index in [4.69, 9.17) is 4.98 Å². The first-order chi connectivity index (χ1) is 18.8. The first-order valence-corrected chi connectivity index (χ1v) is 14.0. The Balaban J connectivity index is 1.51. The summed E-state index contributed by atoms with van der Waals surface area (Å²) >= 11 is 0. The van der Waals surface area contributed by atoms with Crippen LogP contribution in [0.15, 0.2) is 47.4 Å². The molecule has 1 saturated heterocycles. The number of aromatic amines is 1. The Morgan fingerprint density at radius 2 is 1.90 bits per heavy atom. The summed E-state index contributed by atoms with van der Waals surface area (Å²) in [4.78, 5) is 36.2. The molecule has 7 heteroatoms. The van der Waals surface area contributed by atoms with Gasteiger partial charge in [0.15, 0.2) is 0 Å². The smallest absolute Gasteiger partial charge is 0.253 e. The minimum absolute atomic E-state index is 0.157. The van der Waals surface area contributed by atoms with Gasteiger partial charge >= 0.3 is 0 Å². The van der Waals surface area contributed by atoms with Crippen molar-refractivity contribution in [3.8, 4) is 11.1 Å². The molecular formula is C32H39N5O2. The predicted octanol–water partition coefficient (Wildman–Crippen LogP) is 4.94. The van der Waals surface area contributed by atoms with Crippen molar-refractivity contribution in [3.05, 3.63) is 86.5 Å². The zero-order chi connectivity index (χ0) is 27.7. The number of benzene rings is 1. The normalized spacial score (nSPS) is 17.5. The summed E-state index contributed by atoms with van der Waals surface area (Å²) in [6, 6.07) is 10.3. The number of piperazine rings is 1. The van der Waals surface area contributed by atoms with Gasteiger partial charge in [-0.3, -0.25) is 9.59 Å². The average Bonchev–Trinajstić information content (AvgIpc) is 3.28. The fourth-order valence-corrected chi connectivity index (χ4v) is 5.88. The Morgan fingerprint density at radius 3 is 2.56 bits per heavy atom. The molecule has 3 N–H and O–H groups in total. The van der Waals surface area contributed by atoms with Gasteiger partial charge in [0.05, 0.1) is 0 Å². The highest BCUT2D eigenvalue weighted by Gasteiger charge is 2.30. The number of nitrogens with zero attached hydrogens (tertiary/aromatic N) is 2. The summed E-state index contributed by atoms with van der Waals surface area (Å²) in [5.41, 5.74) is 8.07. The third-order valence-electron chi connectivity index (χ3n) is 8.30. The maximum absolute atomic E-state index is 13.7. The number of H-pyrrole nitrogens is 1. The number of nitrogens with one attached hydrogen (secondary N) is 3. The van der Waals surface area contributed by atoms with Crippen LogP contribution in [0.3, 0.4) is 0 Å². The average molecular weight is 526 g/mol. The zero-order valence-electron chi connectivity index (χ0n) is 23.6. The minimum Gasteiger partial charge on any atom is -0.354 e. The van der Waals surface area contributed by atoms with Gasteiger partial charge in [-0.1, -0.05) is 26.3 Å². The van der Waals surface area contributed by atoms with Gasteiger partial charge in [0, 0.05) is 67.2 Å². The fraction of sp³-hybridized carbons (Fsp3) is 0.406. The Hall–Kier alpha value is -3.71. The molecule has 0 radical (unpaired) electrons. The van der Waals surface area contributed by atoms with E-state index in [1.54, 1.807) is 0 Å². The van der Waals surface area contributed by atoms with Crippen LogP contribution in [0.25, 0.3) is 16.7 Å². The van der Waals surface area contributed by atoms with Gasteiger partial charge in [0.2, 0.25) is 0 Å². The second-order valence-electron chi connectivity index (χ2n) is 11.0. The van der Waals surface area contributed by atoms with Crippen LogP contribution in [0, 0.1) is 19.8 Å². The highest BCUT2D eigenvalue weighted by atomic mass is 16.1. The van der Waals surface area contributed by atoms with E-state index in [1.165, 1.54) is 5.56 Å². The molecule has 0 spiro atoms. The van der Waals surface area contributed by atoms with Gasteiger partial charge in [-0.15, -0.1) is 0 Å². The number of aryl methyl sites for hydroxylation is 2. The molecule has 1 aliphatic heterocycles. The van der Waals surface area contributed by atoms with Gasteiger partial charge in [-0.05, 0) is 84.8 Å². The SMILES string of the molecule is CC[C@H](C)C1C=C(C)c2c(C(=O)NCc3c(C)cc(C)[nH]c3=O)cc(-c3ccc(N4CCNCC4)nc3)cc21. The minimum atomic E-state index is -0.171. The van der Waals surface area contributed by atoms with Crippen LogP contribution in [0.4, 0.5) is 5.82 Å². The number of hydrogen-bond acceptors (Lipinski definition) is 5. The van der Waals surface area contributed by atoms with E-state index >= 15 is 0 Å². The Morgan fingerprint density at radius 1 is 1.13 bits per heavy atom. The molecule has 3 heterocycles. The number of allylic oxidation sites excluding steroid dienone is 2. The first kappa shape index (κ1) is 26.9. The van der Waals surface area contributed by atoms with Gasteiger partial charge in [-0.25, -0.2) is 4.98 Å². The molecular weight excluding hydrogens is 486 g/mol. The van der Waals surface area contributed by atoms with Crippen LogP contribution >= 0.6 is 0 Å². The summed E-state index contributed by atoms with van der Waals surface area (Å²) in [5, 5.41) is 6.42. The van der Waals surface area contributed by atoms with Crippen molar-refractivity contribution in [3.63, 3.8) is 0 Å². The molecule has 2 aromatic heterocycles. The molecule has 7 nitrogen and oxygen atoms in total. The van der Waals surface area contributed by atoms with Gasteiger partial charge in [-0.2, -0.15) is 0 Å². The topological polar surface area (TPSA) is 90.1 Å². The molecule has 1 aromatic carbocycles. The second-order valence-corrected chi connectivity index (χ2v) is 11.0. The third-order valence-corrected chi connectivity index (χ3v) is 8.30. The molecule has 2 atom stereocenters. The van der Waals surface area contributed by atoms with Gasteiger partial charge in [0.25, 0.3) is 11.5 Å². The molecule has 204 valence electrons. The molecule has 1 fully saturated rings. The molecule has 1 amide bonds. The summed E-state index contributed by atoms with van der Waals surface area (Å²) in [6.07, 6.45) is 5.28. The van der Waals surface area contributed by atoms with Crippen molar-refractivity contribution >= 4 is 17.3 Å². The molecule has 2 aliphatic rings. The number of fused-ring (bicyclic) bond motifs is 1. The Labute approximate surface area is 230 Å². The second kappa shape index (κ2) is 11.2. The van der Waals surface area contributed by atoms with Crippen molar-refractivity contribution in [1.82, 2.24) is 20.6 Å². The van der Waals surface area contributed by atoms with Crippen LogP contribution in [-0.4, -0.2) is 42.1 Å². The van der Waals surface area contributed by atoms with Crippen LogP contribution in [-0.2, 0) is 6.54 Å². The van der Waals surface area contributed by atoms with E-state index in [9.17, 15) is 9.59 Å². The molecule has 0 bridgehead atoms. The largest absolute Gasteiger partial charge is 0.354 e. The molecule has 39 heavy (non-hydrogen) atoms. The van der Waals surface area contributed by atoms with Crippen molar-refractivity contribution < 1.29 is 4.79 Å². The maximum Gasteiger partial charge on any atom is 0.253 e. The van der Waals surface area contributed by atoms with E-state index in [0.29, 0.717) is 17.0 Å². The quantitative estimate of drug-likeness (QED) is 0.407. The van der Waals surface area contributed by atoms with E-state index in [2.05, 4.69) is 65.6 Å². The van der Waals surface area contributed by atoms with Crippen LogP contribution in [0.2, 0.25) is 0 Å². The Kier molecular flexibility index (Phi) is 7.71. The lowest BCUT2D eigenvalue weighted by molar-refractivity contribution is 0.0950. The van der Waals surface area contributed by atoms with Crippen molar-refractivity contribution in [1.29, 1.82) is 0 Å². The lowest BCUT2D eigenvalue weighted by atomic mass is 9.84. The number of hydrogen-bond donors (Lipinski definition) is 3. The summed E-state index contributed by atoms with van der Waals surface area (Å²) in [6.45, 7) is 14.3. The number of pyridine rings is 2. The number of aromatic nitrogens is 2. The summed E-state index contributed by atoms with van der Waals surface area (Å²) in [5.74, 6) is 1.52. The monoisotopic (exact) mass is 525 g/mol. The number of rotatable bonds is 7. The summed E-state index contributed by atoms with van der Waals surface area (Å²) < 4.78 is 0. The predicted molar refractivity (Wildman–Crippen MR) is 158 cm³/mol. The number of anilines is 1. The van der Waals surface area contributed by atoms with E-state index in [0.717, 1.165) is 71.9 Å². The van der Waals surface area contributed by atoms with Crippen LogP contribution < -0.4 is 21.1 Å². The third kappa shape index (κ3) is 5.41. The molecule has 1 aliphatic carbocycles. The van der Waals surface area contributed by atoms with Crippen molar-refractivity contribution in [2.75, 3.05) is 31.1 Å². The first-order valence-electron chi connectivity index (χ1n) is 14.0. The number of carbonyl (C=O) groups excluding carboxylic acids is 1.